The average molecular weight is 301 g/mol. The second kappa shape index (κ2) is 4.80. The van der Waals surface area contributed by atoms with Gasteiger partial charge in [0.25, 0.3) is 5.91 Å². The van der Waals surface area contributed by atoms with Crippen molar-refractivity contribution < 1.29 is 9.21 Å². The fourth-order valence-electron chi connectivity index (χ4n) is 1.19. The molecule has 2 aromatic heterocycles. The van der Waals surface area contributed by atoms with Crippen molar-refractivity contribution in [2.24, 2.45) is 0 Å². The van der Waals surface area contributed by atoms with Gasteiger partial charge in [-0.15, -0.1) is 11.3 Å². The van der Waals surface area contributed by atoms with E-state index in [0.717, 1.165) is 9.88 Å². The standard InChI is InChI=1S/C10H9BrN2O2S/c1-6-4-12-8(16-6)5-13-10(14)7-2-3-15-9(7)11/h2-4H,5H2,1H3,(H,13,14). The molecule has 0 saturated carbocycles. The Balaban J connectivity index is 1.96. The molecule has 84 valence electrons. The van der Waals surface area contributed by atoms with Gasteiger partial charge < -0.3 is 9.73 Å². The smallest absolute Gasteiger partial charge is 0.256 e. The lowest BCUT2D eigenvalue weighted by atomic mass is 10.3. The van der Waals surface area contributed by atoms with E-state index in [1.807, 2.05) is 6.92 Å². The van der Waals surface area contributed by atoms with Crippen molar-refractivity contribution in [3.63, 3.8) is 0 Å². The summed E-state index contributed by atoms with van der Waals surface area (Å²) in [4.78, 5) is 17.0. The van der Waals surface area contributed by atoms with Crippen LogP contribution >= 0.6 is 27.3 Å². The number of hydrogen-bond donors (Lipinski definition) is 1. The van der Waals surface area contributed by atoms with Gasteiger partial charge in [-0.25, -0.2) is 4.98 Å². The van der Waals surface area contributed by atoms with Crippen LogP contribution < -0.4 is 5.32 Å². The molecule has 0 aliphatic carbocycles. The number of furan rings is 1. The van der Waals surface area contributed by atoms with Crippen LogP contribution in [0, 0.1) is 6.92 Å². The number of aryl methyl sites for hydroxylation is 1. The minimum absolute atomic E-state index is 0.173. The molecule has 0 fully saturated rings. The quantitative estimate of drug-likeness (QED) is 0.948. The maximum atomic E-state index is 11.7. The first-order chi connectivity index (χ1) is 7.66. The predicted octanol–water partition coefficient (Wildman–Crippen LogP) is 2.74. The van der Waals surface area contributed by atoms with E-state index in [1.54, 1.807) is 23.6 Å². The van der Waals surface area contributed by atoms with Crippen LogP contribution in [0.5, 0.6) is 0 Å². The van der Waals surface area contributed by atoms with Gasteiger partial charge in [0.15, 0.2) is 4.67 Å². The third kappa shape index (κ3) is 2.51. The molecule has 2 aromatic rings. The number of halogens is 1. The maximum absolute atomic E-state index is 11.7. The molecule has 1 amide bonds. The van der Waals surface area contributed by atoms with Crippen LogP contribution in [0.2, 0.25) is 0 Å². The van der Waals surface area contributed by atoms with Gasteiger partial charge in [0.2, 0.25) is 0 Å². The molecule has 0 aliphatic rings. The highest BCUT2D eigenvalue weighted by Crippen LogP contribution is 2.17. The zero-order valence-electron chi connectivity index (χ0n) is 8.49. The zero-order chi connectivity index (χ0) is 11.5. The van der Waals surface area contributed by atoms with Crippen LogP contribution in [0.15, 0.2) is 27.6 Å². The summed E-state index contributed by atoms with van der Waals surface area (Å²) in [5.74, 6) is -0.173. The van der Waals surface area contributed by atoms with Crippen LogP contribution in [0.3, 0.4) is 0 Å². The second-order valence-corrected chi connectivity index (χ2v) is 5.19. The molecule has 0 radical (unpaired) electrons. The van der Waals surface area contributed by atoms with Gasteiger partial charge in [-0.05, 0) is 28.9 Å². The molecule has 6 heteroatoms. The molecule has 0 aromatic carbocycles. The largest absolute Gasteiger partial charge is 0.457 e. The van der Waals surface area contributed by atoms with E-state index in [9.17, 15) is 4.79 Å². The average Bonchev–Trinajstić information content (AvgIpc) is 2.84. The first-order valence-electron chi connectivity index (χ1n) is 4.59. The molecule has 0 unspecified atom stereocenters. The fourth-order valence-corrected chi connectivity index (χ4v) is 2.34. The van der Waals surface area contributed by atoms with E-state index in [-0.39, 0.29) is 5.91 Å². The number of thiazole rings is 1. The number of carbonyl (C=O) groups is 1. The number of carbonyl (C=O) groups excluding carboxylic acids is 1. The Labute approximate surface area is 105 Å². The van der Waals surface area contributed by atoms with Crippen LogP contribution in [-0.4, -0.2) is 10.9 Å². The number of nitrogens with one attached hydrogen (secondary N) is 1. The van der Waals surface area contributed by atoms with E-state index in [2.05, 4.69) is 26.2 Å². The van der Waals surface area contributed by atoms with Crippen molar-refractivity contribution in [3.05, 3.63) is 38.6 Å². The normalized spacial score (nSPS) is 10.4. The lowest BCUT2D eigenvalue weighted by molar-refractivity contribution is 0.0949. The number of aromatic nitrogens is 1. The summed E-state index contributed by atoms with van der Waals surface area (Å²) < 4.78 is 5.43. The Morgan fingerprint density at radius 1 is 1.69 bits per heavy atom. The molecule has 2 heterocycles. The van der Waals surface area contributed by atoms with Gasteiger partial charge in [0.05, 0.1) is 18.4 Å². The Morgan fingerprint density at radius 3 is 3.06 bits per heavy atom. The molecule has 0 aliphatic heterocycles. The van der Waals surface area contributed by atoms with Gasteiger partial charge in [0.1, 0.15) is 5.01 Å². The summed E-state index contributed by atoms with van der Waals surface area (Å²) in [6, 6.07) is 1.62. The van der Waals surface area contributed by atoms with Crippen molar-refractivity contribution in [1.29, 1.82) is 0 Å². The van der Waals surface area contributed by atoms with Crippen LogP contribution in [0.25, 0.3) is 0 Å². The summed E-state index contributed by atoms with van der Waals surface area (Å²) >= 11 is 4.73. The molecule has 0 bridgehead atoms. The summed E-state index contributed by atoms with van der Waals surface area (Å²) in [5.41, 5.74) is 0.494. The summed E-state index contributed by atoms with van der Waals surface area (Å²) in [5, 5.41) is 3.67. The number of nitrogens with zero attached hydrogens (tertiary/aromatic N) is 1. The number of hydrogen-bond acceptors (Lipinski definition) is 4. The van der Waals surface area contributed by atoms with Crippen molar-refractivity contribution >= 4 is 33.2 Å². The minimum atomic E-state index is -0.173. The lowest BCUT2D eigenvalue weighted by Gasteiger charge is -2.00. The third-order valence-corrected chi connectivity index (χ3v) is 3.46. The second-order valence-electron chi connectivity index (χ2n) is 3.16. The van der Waals surface area contributed by atoms with Gasteiger partial charge in [-0.3, -0.25) is 4.79 Å². The maximum Gasteiger partial charge on any atom is 0.256 e. The number of amides is 1. The summed E-state index contributed by atoms with van der Waals surface area (Å²) in [6.45, 7) is 2.42. The van der Waals surface area contributed by atoms with Gasteiger partial charge in [0, 0.05) is 11.1 Å². The summed E-state index contributed by atoms with van der Waals surface area (Å²) in [6.07, 6.45) is 3.26. The van der Waals surface area contributed by atoms with Gasteiger partial charge in [-0.2, -0.15) is 0 Å². The first kappa shape index (κ1) is 11.3. The van der Waals surface area contributed by atoms with E-state index in [1.165, 1.54) is 6.26 Å². The van der Waals surface area contributed by atoms with E-state index < -0.39 is 0 Å². The molecular weight excluding hydrogens is 292 g/mol. The molecule has 16 heavy (non-hydrogen) atoms. The highest BCUT2D eigenvalue weighted by atomic mass is 79.9. The molecule has 2 rings (SSSR count). The van der Waals surface area contributed by atoms with Crippen molar-refractivity contribution in [3.8, 4) is 0 Å². The molecule has 1 N–H and O–H groups in total. The molecule has 0 saturated heterocycles. The van der Waals surface area contributed by atoms with Crippen molar-refractivity contribution in [2.45, 2.75) is 13.5 Å². The predicted molar refractivity (Wildman–Crippen MR) is 64.4 cm³/mol. The zero-order valence-corrected chi connectivity index (χ0v) is 10.9. The molecule has 0 spiro atoms. The lowest BCUT2D eigenvalue weighted by Crippen LogP contribution is -2.22. The Kier molecular flexibility index (Phi) is 3.40. The van der Waals surface area contributed by atoms with Crippen LogP contribution in [0.4, 0.5) is 0 Å². The van der Waals surface area contributed by atoms with E-state index in [0.29, 0.717) is 16.8 Å². The van der Waals surface area contributed by atoms with Gasteiger partial charge in [-0.1, -0.05) is 0 Å². The molecule has 0 atom stereocenters. The van der Waals surface area contributed by atoms with Crippen LogP contribution in [-0.2, 0) is 6.54 Å². The SMILES string of the molecule is Cc1cnc(CNC(=O)c2ccoc2Br)s1. The molecular formula is C10H9BrN2O2S. The Hall–Kier alpha value is -1.14. The monoisotopic (exact) mass is 300 g/mol. The molecule has 4 nitrogen and oxygen atoms in total. The van der Waals surface area contributed by atoms with Gasteiger partial charge >= 0.3 is 0 Å². The Bertz CT molecular complexity index is 506. The fraction of sp³-hybridized carbons (Fsp3) is 0.200. The highest BCUT2D eigenvalue weighted by Gasteiger charge is 2.12. The van der Waals surface area contributed by atoms with E-state index >= 15 is 0 Å². The topological polar surface area (TPSA) is 55.1 Å². The number of rotatable bonds is 3. The van der Waals surface area contributed by atoms with Crippen LogP contribution in [0.1, 0.15) is 20.2 Å². The van der Waals surface area contributed by atoms with Crippen molar-refractivity contribution in [1.82, 2.24) is 10.3 Å². The highest BCUT2D eigenvalue weighted by molar-refractivity contribution is 9.10. The Morgan fingerprint density at radius 2 is 2.50 bits per heavy atom. The van der Waals surface area contributed by atoms with Crippen molar-refractivity contribution in [2.75, 3.05) is 0 Å². The van der Waals surface area contributed by atoms with E-state index in [4.69, 9.17) is 4.42 Å². The summed E-state index contributed by atoms with van der Waals surface area (Å²) in [7, 11) is 0. The minimum Gasteiger partial charge on any atom is -0.457 e. The third-order valence-electron chi connectivity index (χ3n) is 1.93. The first-order valence-corrected chi connectivity index (χ1v) is 6.20.